The van der Waals surface area contributed by atoms with Crippen LogP contribution in [0.25, 0.3) is 0 Å². The molecule has 0 atom stereocenters. The van der Waals surface area contributed by atoms with Crippen molar-refractivity contribution in [3.05, 3.63) is 59.0 Å². The molecule has 0 saturated carbocycles. The van der Waals surface area contributed by atoms with Crippen LogP contribution >= 0.6 is 23.1 Å². The molecule has 2 aromatic heterocycles. The predicted molar refractivity (Wildman–Crippen MR) is 105 cm³/mol. The smallest absolute Gasteiger partial charge is 0.182 e. The number of hydrogen-bond acceptors (Lipinski definition) is 6. The van der Waals surface area contributed by atoms with E-state index < -0.39 is 0 Å². The second kappa shape index (κ2) is 9.39. The normalized spacial score (nSPS) is 10.0. The molecule has 6 heteroatoms. The summed E-state index contributed by atoms with van der Waals surface area (Å²) in [6.45, 7) is 8.89. The van der Waals surface area contributed by atoms with Crippen LogP contribution in [0, 0.1) is 13.8 Å². The van der Waals surface area contributed by atoms with Crippen LogP contribution in [0.3, 0.4) is 0 Å². The Hall–Kier alpha value is -1.92. The molecule has 0 radical (unpaired) electrons. The number of benzene rings is 1. The van der Waals surface area contributed by atoms with Crippen LogP contribution in [0.15, 0.2) is 52.1 Å². The highest BCUT2D eigenvalue weighted by Crippen LogP contribution is 2.30. The second-order valence-corrected chi connectivity index (χ2v) is 6.76. The molecule has 4 nitrogen and oxygen atoms in total. The predicted octanol–water partition coefficient (Wildman–Crippen LogP) is 5.59. The Kier molecular flexibility index (Phi) is 7.21. The van der Waals surface area contributed by atoms with E-state index in [-0.39, 0.29) is 1.43 Å². The van der Waals surface area contributed by atoms with E-state index >= 15 is 0 Å². The molecule has 0 aliphatic carbocycles. The highest BCUT2D eigenvalue weighted by atomic mass is 32.2. The van der Waals surface area contributed by atoms with E-state index in [1.54, 1.807) is 41.7 Å². The molecule has 0 aliphatic heterocycles. The van der Waals surface area contributed by atoms with Gasteiger partial charge in [-0.15, -0.1) is 11.3 Å². The fourth-order valence-electron chi connectivity index (χ4n) is 2.02. The van der Waals surface area contributed by atoms with E-state index in [2.05, 4.69) is 45.4 Å². The molecule has 0 spiro atoms. The van der Waals surface area contributed by atoms with Gasteiger partial charge in [0.15, 0.2) is 5.13 Å². The summed E-state index contributed by atoms with van der Waals surface area (Å²) in [5.74, 6) is 0. The highest BCUT2D eigenvalue weighted by molar-refractivity contribution is 7.99. The third-order valence-electron chi connectivity index (χ3n) is 3.16. The van der Waals surface area contributed by atoms with Crippen LogP contribution < -0.4 is 5.32 Å². The van der Waals surface area contributed by atoms with E-state index in [0.29, 0.717) is 0 Å². The first-order chi connectivity index (χ1) is 11.7. The zero-order chi connectivity index (χ0) is 17.4. The molecule has 1 aromatic carbocycles. The van der Waals surface area contributed by atoms with Gasteiger partial charge in [0, 0.05) is 36.8 Å². The standard InChI is InChI=1S/C16H16N4S2.C2H6.H2/c1-11-9-13(10-20-16-19-7-8-21-16)3-4-14(11)22-15-12(2)17-5-6-18-15;1-2;/h3-9H,10H2,1-2H3,(H,19,20);1-2H3;1H. The van der Waals surface area contributed by atoms with E-state index in [9.17, 15) is 0 Å². The Morgan fingerprint density at radius 2 is 1.88 bits per heavy atom. The lowest BCUT2D eigenvalue weighted by Crippen LogP contribution is -1.99. The van der Waals surface area contributed by atoms with Gasteiger partial charge >= 0.3 is 0 Å². The van der Waals surface area contributed by atoms with Crippen molar-refractivity contribution in [2.75, 3.05) is 5.32 Å². The second-order valence-electron chi connectivity index (χ2n) is 4.84. The summed E-state index contributed by atoms with van der Waals surface area (Å²) in [6, 6.07) is 6.49. The molecule has 2 heterocycles. The molecule has 0 amide bonds. The van der Waals surface area contributed by atoms with Crippen molar-refractivity contribution >= 4 is 28.2 Å². The number of aryl methyl sites for hydroxylation is 2. The van der Waals surface area contributed by atoms with Crippen LogP contribution in [0.4, 0.5) is 5.13 Å². The average molecular weight is 361 g/mol. The Morgan fingerprint density at radius 3 is 2.54 bits per heavy atom. The van der Waals surface area contributed by atoms with E-state index in [4.69, 9.17) is 0 Å². The molecular formula is C18H24N4S2. The van der Waals surface area contributed by atoms with Gasteiger partial charge in [0.05, 0.1) is 5.69 Å². The minimum Gasteiger partial charge on any atom is -0.357 e. The van der Waals surface area contributed by atoms with Gasteiger partial charge in [0.2, 0.25) is 0 Å². The maximum atomic E-state index is 4.39. The number of thiazole rings is 1. The fraction of sp³-hybridized carbons (Fsp3) is 0.278. The summed E-state index contributed by atoms with van der Waals surface area (Å²) in [6.07, 6.45) is 5.26. The van der Waals surface area contributed by atoms with Gasteiger partial charge in [-0.3, -0.25) is 4.98 Å². The monoisotopic (exact) mass is 360 g/mol. The molecule has 24 heavy (non-hydrogen) atoms. The lowest BCUT2D eigenvalue weighted by Gasteiger charge is -2.09. The minimum atomic E-state index is 0. The van der Waals surface area contributed by atoms with Gasteiger partial charge < -0.3 is 5.32 Å². The lowest BCUT2D eigenvalue weighted by molar-refractivity contribution is 0.984. The first-order valence-electron chi connectivity index (χ1n) is 7.91. The van der Waals surface area contributed by atoms with Crippen LogP contribution in [0.2, 0.25) is 0 Å². The summed E-state index contributed by atoms with van der Waals surface area (Å²) in [5, 5.41) is 7.20. The Morgan fingerprint density at radius 1 is 1.08 bits per heavy atom. The third kappa shape index (κ3) is 5.04. The van der Waals surface area contributed by atoms with Crippen molar-refractivity contribution in [2.45, 2.75) is 44.2 Å². The molecule has 0 saturated heterocycles. The summed E-state index contributed by atoms with van der Waals surface area (Å²) in [5.41, 5.74) is 3.45. The largest absolute Gasteiger partial charge is 0.357 e. The SMILES string of the molecule is CC.Cc1cc(CNc2nccs2)ccc1Sc1nccnc1C.[HH]. The average Bonchev–Trinajstić information content (AvgIpc) is 3.12. The minimum absolute atomic E-state index is 0. The van der Waals surface area contributed by atoms with Crippen molar-refractivity contribution in [2.24, 2.45) is 0 Å². The molecule has 3 rings (SSSR count). The summed E-state index contributed by atoms with van der Waals surface area (Å²) < 4.78 is 0. The number of nitrogens with zero attached hydrogens (tertiary/aromatic N) is 3. The molecule has 0 aliphatic rings. The number of rotatable bonds is 5. The zero-order valence-corrected chi connectivity index (χ0v) is 16.0. The Labute approximate surface area is 153 Å². The summed E-state index contributed by atoms with van der Waals surface area (Å²) >= 11 is 3.27. The Balaban J connectivity index is 0.00000101. The van der Waals surface area contributed by atoms with Gasteiger partial charge in [-0.1, -0.05) is 37.7 Å². The van der Waals surface area contributed by atoms with Crippen LogP contribution in [0.5, 0.6) is 0 Å². The van der Waals surface area contributed by atoms with Gasteiger partial charge in [0.25, 0.3) is 0 Å². The van der Waals surface area contributed by atoms with E-state index in [1.807, 2.05) is 26.2 Å². The molecule has 0 bridgehead atoms. The van der Waals surface area contributed by atoms with E-state index in [0.717, 1.165) is 22.4 Å². The van der Waals surface area contributed by atoms with Crippen molar-refractivity contribution in [3.63, 3.8) is 0 Å². The summed E-state index contributed by atoms with van der Waals surface area (Å²) in [7, 11) is 0. The van der Waals surface area contributed by atoms with Crippen LogP contribution in [-0.2, 0) is 6.54 Å². The van der Waals surface area contributed by atoms with Gasteiger partial charge in [-0.05, 0) is 31.0 Å². The van der Waals surface area contributed by atoms with Crippen LogP contribution in [0.1, 0.15) is 32.1 Å². The highest BCUT2D eigenvalue weighted by Gasteiger charge is 2.07. The van der Waals surface area contributed by atoms with Gasteiger partial charge in [-0.25, -0.2) is 9.97 Å². The first kappa shape index (κ1) is 18.4. The van der Waals surface area contributed by atoms with Crippen molar-refractivity contribution < 1.29 is 1.43 Å². The third-order valence-corrected chi connectivity index (χ3v) is 5.16. The molecular weight excluding hydrogens is 336 g/mol. The number of nitrogens with one attached hydrogen (secondary N) is 1. The van der Waals surface area contributed by atoms with E-state index in [1.165, 1.54) is 16.0 Å². The lowest BCUT2D eigenvalue weighted by atomic mass is 10.1. The van der Waals surface area contributed by atoms with Gasteiger partial charge in [-0.2, -0.15) is 0 Å². The number of hydrogen-bond donors (Lipinski definition) is 1. The van der Waals surface area contributed by atoms with Crippen molar-refractivity contribution in [1.82, 2.24) is 15.0 Å². The fourth-order valence-corrected chi connectivity index (χ4v) is 3.43. The first-order valence-corrected chi connectivity index (χ1v) is 9.60. The number of anilines is 1. The molecule has 0 fully saturated rings. The maximum Gasteiger partial charge on any atom is 0.182 e. The maximum absolute atomic E-state index is 4.39. The Bertz CT molecular complexity index is 764. The molecule has 128 valence electrons. The topological polar surface area (TPSA) is 50.7 Å². The zero-order valence-electron chi connectivity index (χ0n) is 14.4. The molecule has 3 aromatic rings. The quantitative estimate of drug-likeness (QED) is 0.643. The number of aromatic nitrogens is 3. The van der Waals surface area contributed by atoms with Crippen LogP contribution in [-0.4, -0.2) is 15.0 Å². The van der Waals surface area contributed by atoms with Crippen molar-refractivity contribution in [1.29, 1.82) is 0 Å². The van der Waals surface area contributed by atoms with Crippen molar-refractivity contribution in [3.8, 4) is 0 Å². The molecule has 0 unspecified atom stereocenters. The summed E-state index contributed by atoms with van der Waals surface area (Å²) in [4.78, 5) is 14.1. The van der Waals surface area contributed by atoms with Gasteiger partial charge in [0.1, 0.15) is 5.03 Å². The molecule has 1 N–H and O–H groups in total.